The standard InChI is InChI=1S/C8H17NO2S/c1-5(2)4-6(9)7(12)8(10)11-3/h5-7,12H,4,9H2,1-3H3/t6-,7-/m0/s1. The molecule has 0 fully saturated rings. The zero-order valence-corrected chi connectivity index (χ0v) is 8.67. The first-order chi connectivity index (χ1) is 5.49. The summed E-state index contributed by atoms with van der Waals surface area (Å²) in [6, 6.07) is -0.221. The molecule has 0 aromatic heterocycles. The number of carbonyl (C=O) groups excluding carboxylic acids is 1. The van der Waals surface area contributed by atoms with Crippen LogP contribution in [-0.2, 0) is 9.53 Å². The number of ether oxygens (including phenoxy) is 1. The van der Waals surface area contributed by atoms with E-state index >= 15 is 0 Å². The molecule has 0 aliphatic carbocycles. The molecule has 0 unspecified atom stereocenters. The molecule has 2 N–H and O–H groups in total. The Balaban J connectivity index is 3.91. The Bertz CT molecular complexity index is 150. The van der Waals surface area contributed by atoms with Crippen molar-refractivity contribution in [1.82, 2.24) is 0 Å². The van der Waals surface area contributed by atoms with E-state index in [-0.39, 0.29) is 12.0 Å². The Morgan fingerprint density at radius 1 is 1.58 bits per heavy atom. The summed E-state index contributed by atoms with van der Waals surface area (Å²) in [4.78, 5) is 11.0. The molecule has 0 aliphatic heterocycles. The number of esters is 1. The maximum absolute atomic E-state index is 11.0. The van der Waals surface area contributed by atoms with Crippen LogP contribution in [0.15, 0.2) is 0 Å². The van der Waals surface area contributed by atoms with E-state index in [1.54, 1.807) is 0 Å². The maximum Gasteiger partial charge on any atom is 0.320 e. The van der Waals surface area contributed by atoms with E-state index in [9.17, 15) is 4.79 Å². The number of methoxy groups -OCH3 is 1. The number of carbonyl (C=O) groups is 1. The van der Waals surface area contributed by atoms with Gasteiger partial charge in [-0.05, 0) is 12.3 Å². The fourth-order valence-electron chi connectivity index (χ4n) is 0.969. The van der Waals surface area contributed by atoms with E-state index in [2.05, 4.69) is 31.2 Å². The minimum atomic E-state index is -0.502. The average molecular weight is 191 g/mol. The van der Waals surface area contributed by atoms with Crippen LogP contribution in [-0.4, -0.2) is 24.4 Å². The molecule has 2 atom stereocenters. The first-order valence-electron chi connectivity index (χ1n) is 4.00. The number of rotatable bonds is 4. The van der Waals surface area contributed by atoms with Crippen molar-refractivity contribution < 1.29 is 9.53 Å². The molecule has 0 bridgehead atoms. The summed E-state index contributed by atoms with van der Waals surface area (Å²) in [5.74, 6) is 0.116. The van der Waals surface area contributed by atoms with E-state index < -0.39 is 5.25 Å². The molecule has 0 aliphatic rings. The first-order valence-corrected chi connectivity index (χ1v) is 4.52. The fraction of sp³-hybridized carbons (Fsp3) is 0.875. The second-order valence-corrected chi connectivity index (χ2v) is 3.82. The van der Waals surface area contributed by atoms with Crippen molar-refractivity contribution in [1.29, 1.82) is 0 Å². The second-order valence-electron chi connectivity index (χ2n) is 3.26. The van der Waals surface area contributed by atoms with Crippen molar-refractivity contribution in [3.8, 4) is 0 Å². The molecular weight excluding hydrogens is 174 g/mol. The number of thiol groups is 1. The van der Waals surface area contributed by atoms with E-state index in [1.807, 2.05) is 0 Å². The molecular formula is C8H17NO2S. The van der Waals surface area contributed by atoms with Gasteiger partial charge in [-0.15, -0.1) is 0 Å². The van der Waals surface area contributed by atoms with Gasteiger partial charge in [-0.2, -0.15) is 12.6 Å². The molecule has 0 radical (unpaired) electrons. The monoisotopic (exact) mass is 191 g/mol. The third-order valence-electron chi connectivity index (χ3n) is 1.59. The quantitative estimate of drug-likeness (QED) is 0.511. The van der Waals surface area contributed by atoms with Crippen molar-refractivity contribution >= 4 is 18.6 Å². The Kier molecular flexibility index (Phi) is 5.33. The normalized spacial score (nSPS) is 15.8. The van der Waals surface area contributed by atoms with Gasteiger partial charge in [-0.25, -0.2) is 0 Å². The highest BCUT2D eigenvalue weighted by Crippen LogP contribution is 2.11. The Labute approximate surface area is 79.1 Å². The van der Waals surface area contributed by atoms with Gasteiger partial charge in [0.15, 0.2) is 0 Å². The average Bonchev–Trinajstić information content (AvgIpc) is 2.00. The van der Waals surface area contributed by atoms with Crippen LogP contribution in [0.1, 0.15) is 20.3 Å². The van der Waals surface area contributed by atoms with Crippen molar-refractivity contribution in [3.05, 3.63) is 0 Å². The van der Waals surface area contributed by atoms with Crippen molar-refractivity contribution in [3.63, 3.8) is 0 Å². The number of hydrogen-bond acceptors (Lipinski definition) is 4. The molecule has 0 spiro atoms. The molecule has 4 heteroatoms. The molecule has 72 valence electrons. The largest absolute Gasteiger partial charge is 0.468 e. The zero-order valence-electron chi connectivity index (χ0n) is 7.78. The second kappa shape index (κ2) is 5.43. The molecule has 0 saturated carbocycles. The van der Waals surface area contributed by atoms with E-state index in [4.69, 9.17) is 5.73 Å². The van der Waals surface area contributed by atoms with Gasteiger partial charge < -0.3 is 10.5 Å². The predicted octanol–water partition coefficient (Wildman–Crippen LogP) is 0.831. The van der Waals surface area contributed by atoms with Crippen molar-refractivity contribution in [2.24, 2.45) is 11.7 Å². The highest BCUT2D eigenvalue weighted by Gasteiger charge is 2.22. The molecule has 0 rings (SSSR count). The van der Waals surface area contributed by atoms with Gasteiger partial charge in [0, 0.05) is 6.04 Å². The SMILES string of the molecule is COC(=O)[C@@H](S)[C@@H](N)CC(C)C. The molecule has 12 heavy (non-hydrogen) atoms. The summed E-state index contributed by atoms with van der Waals surface area (Å²) in [5, 5.41) is -0.502. The van der Waals surface area contributed by atoms with E-state index in [0.717, 1.165) is 6.42 Å². The lowest BCUT2D eigenvalue weighted by Crippen LogP contribution is -2.38. The lowest BCUT2D eigenvalue weighted by Gasteiger charge is -2.18. The molecule has 0 aromatic rings. The van der Waals surface area contributed by atoms with Gasteiger partial charge >= 0.3 is 5.97 Å². The van der Waals surface area contributed by atoms with Crippen LogP contribution in [0, 0.1) is 5.92 Å². The molecule has 0 saturated heterocycles. The van der Waals surface area contributed by atoms with Gasteiger partial charge in [0.25, 0.3) is 0 Å². The summed E-state index contributed by atoms with van der Waals surface area (Å²) in [7, 11) is 1.34. The third kappa shape index (κ3) is 3.97. The zero-order chi connectivity index (χ0) is 9.72. The predicted molar refractivity (Wildman–Crippen MR) is 52.2 cm³/mol. The molecule has 3 nitrogen and oxygen atoms in total. The van der Waals surface area contributed by atoms with Crippen LogP contribution >= 0.6 is 12.6 Å². The molecule has 0 aromatic carbocycles. The molecule has 0 amide bonds. The maximum atomic E-state index is 11.0. The van der Waals surface area contributed by atoms with Crippen LogP contribution in [0.3, 0.4) is 0 Å². The summed E-state index contributed by atoms with van der Waals surface area (Å²) in [6.07, 6.45) is 0.781. The van der Waals surface area contributed by atoms with Crippen molar-refractivity contribution in [2.75, 3.05) is 7.11 Å². The minimum absolute atomic E-state index is 0.221. The highest BCUT2D eigenvalue weighted by molar-refractivity contribution is 7.81. The van der Waals surface area contributed by atoms with Gasteiger partial charge in [-0.3, -0.25) is 4.79 Å². The first kappa shape index (κ1) is 11.8. The Hall–Kier alpha value is -0.220. The number of hydrogen-bond donors (Lipinski definition) is 2. The lowest BCUT2D eigenvalue weighted by molar-refractivity contribution is -0.140. The Morgan fingerprint density at radius 2 is 2.08 bits per heavy atom. The Morgan fingerprint density at radius 3 is 2.42 bits per heavy atom. The highest BCUT2D eigenvalue weighted by atomic mass is 32.1. The van der Waals surface area contributed by atoms with Crippen LogP contribution in [0.2, 0.25) is 0 Å². The van der Waals surface area contributed by atoms with Crippen LogP contribution in [0.5, 0.6) is 0 Å². The minimum Gasteiger partial charge on any atom is -0.468 e. The topological polar surface area (TPSA) is 52.3 Å². The fourth-order valence-corrected chi connectivity index (χ4v) is 1.20. The number of nitrogens with two attached hydrogens (primary N) is 1. The summed E-state index contributed by atoms with van der Waals surface area (Å²) in [5.41, 5.74) is 5.72. The third-order valence-corrected chi connectivity index (χ3v) is 2.19. The van der Waals surface area contributed by atoms with Crippen LogP contribution < -0.4 is 5.73 Å². The van der Waals surface area contributed by atoms with Crippen LogP contribution in [0.4, 0.5) is 0 Å². The van der Waals surface area contributed by atoms with Crippen molar-refractivity contribution in [2.45, 2.75) is 31.6 Å². The van der Waals surface area contributed by atoms with E-state index in [0.29, 0.717) is 5.92 Å². The smallest absolute Gasteiger partial charge is 0.320 e. The van der Waals surface area contributed by atoms with Gasteiger partial charge in [0.1, 0.15) is 5.25 Å². The molecule has 0 heterocycles. The summed E-state index contributed by atoms with van der Waals surface area (Å²) >= 11 is 4.08. The summed E-state index contributed by atoms with van der Waals surface area (Å²) in [6.45, 7) is 4.11. The van der Waals surface area contributed by atoms with Gasteiger partial charge in [0.05, 0.1) is 7.11 Å². The van der Waals surface area contributed by atoms with Gasteiger partial charge in [0.2, 0.25) is 0 Å². The van der Waals surface area contributed by atoms with Crippen LogP contribution in [0.25, 0.3) is 0 Å². The van der Waals surface area contributed by atoms with Gasteiger partial charge in [-0.1, -0.05) is 13.8 Å². The van der Waals surface area contributed by atoms with E-state index in [1.165, 1.54) is 7.11 Å². The lowest BCUT2D eigenvalue weighted by atomic mass is 10.0. The summed E-state index contributed by atoms with van der Waals surface area (Å²) < 4.78 is 4.52.